The van der Waals surface area contributed by atoms with Gasteiger partial charge in [-0.2, -0.15) is 4.98 Å². The number of aryl methyl sites for hydroxylation is 1. The van der Waals surface area contributed by atoms with Crippen LogP contribution < -0.4 is 0 Å². The van der Waals surface area contributed by atoms with E-state index in [4.69, 9.17) is 4.52 Å². The van der Waals surface area contributed by atoms with Crippen molar-refractivity contribution in [2.45, 2.75) is 32.3 Å². The molecule has 2 unspecified atom stereocenters. The molecule has 1 aliphatic rings. The third-order valence-electron chi connectivity index (χ3n) is 4.39. The number of hydrogen-bond donors (Lipinski definition) is 1. The first-order valence-corrected chi connectivity index (χ1v) is 8.16. The van der Waals surface area contributed by atoms with Crippen molar-refractivity contribution in [3.8, 4) is 0 Å². The average molecular weight is 337 g/mol. The largest absolute Gasteiger partial charge is 0.387 e. The second-order valence-corrected chi connectivity index (χ2v) is 6.38. The Bertz CT molecular complexity index is 692. The van der Waals surface area contributed by atoms with E-state index in [0.717, 1.165) is 50.6 Å². The molecule has 0 aliphatic carbocycles. The number of halogens is 2. The van der Waals surface area contributed by atoms with Gasteiger partial charge in [-0.25, -0.2) is 8.78 Å². The summed E-state index contributed by atoms with van der Waals surface area (Å²) in [6.07, 6.45) is 1.71. The van der Waals surface area contributed by atoms with E-state index >= 15 is 0 Å². The average Bonchev–Trinajstić information content (AvgIpc) is 2.95. The molecule has 1 aliphatic heterocycles. The van der Waals surface area contributed by atoms with Crippen molar-refractivity contribution in [3.63, 3.8) is 0 Å². The van der Waals surface area contributed by atoms with Crippen LogP contribution in [0.3, 0.4) is 0 Å². The number of rotatable bonds is 5. The van der Waals surface area contributed by atoms with Crippen molar-refractivity contribution < 1.29 is 18.4 Å². The lowest BCUT2D eigenvalue weighted by Gasteiger charge is -2.33. The number of β-amino-alcohol motifs (C(OH)–C–C–N with tert-alkyl or cyclic N) is 1. The van der Waals surface area contributed by atoms with Gasteiger partial charge in [0, 0.05) is 32.0 Å². The maximum atomic E-state index is 13.8. The van der Waals surface area contributed by atoms with Gasteiger partial charge >= 0.3 is 0 Å². The summed E-state index contributed by atoms with van der Waals surface area (Å²) >= 11 is 0. The molecule has 0 spiro atoms. The second-order valence-electron chi connectivity index (χ2n) is 6.38. The number of aliphatic hydroxyl groups is 1. The van der Waals surface area contributed by atoms with E-state index < -0.39 is 17.7 Å². The van der Waals surface area contributed by atoms with Crippen LogP contribution in [0, 0.1) is 24.5 Å². The minimum atomic E-state index is -1.05. The molecule has 7 heteroatoms. The van der Waals surface area contributed by atoms with Gasteiger partial charge in [-0.15, -0.1) is 0 Å². The standard InChI is InChI=1S/C17H21F2N3O2/c1-11-20-17(21-24-11)7-12-3-2-6-22(9-12)10-16(23)14-8-13(18)4-5-15(14)19/h4-5,8,12,16,23H,2-3,6-7,9-10H2,1H3. The van der Waals surface area contributed by atoms with Crippen LogP contribution in [0.5, 0.6) is 0 Å². The molecule has 24 heavy (non-hydrogen) atoms. The molecule has 1 aromatic carbocycles. The number of likely N-dealkylation sites (tertiary alicyclic amines) is 1. The topological polar surface area (TPSA) is 62.4 Å². The molecule has 1 fully saturated rings. The number of aromatic nitrogens is 2. The lowest BCUT2D eigenvalue weighted by atomic mass is 9.94. The van der Waals surface area contributed by atoms with Crippen LogP contribution in [0.2, 0.25) is 0 Å². The van der Waals surface area contributed by atoms with E-state index in [1.165, 1.54) is 0 Å². The lowest BCUT2D eigenvalue weighted by molar-refractivity contribution is 0.0816. The Morgan fingerprint density at radius 1 is 1.42 bits per heavy atom. The predicted molar refractivity (Wildman–Crippen MR) is 83.2 cm³/mol. The van der Waals surface area contributed by atoms with Crippen LogP contribution >= 0.6 is 0 Å². The van der Waals surface area contributed by atoms with Gasteiger partial charge in [-0.3, -0.25) is 0 Å². The van der Waals surface area contributed by atoms with Gasteiger partial charge in [0.25, 0.3) is 0 Å². The van der Waals surface area contributed by atoms with Crippen molar-refractivity contribution in [3.05, 3.63) is 47.1 Å². The van der Waals surface area contributed by atoms with E-state index in [9.17, 15) is 13.9 Å². The zero-order valence-electron chi connectivity index (χ0n) is 13.6. The monoisotopic (exact) mass is 337 g/mol. The maximum absolute atomic E-state index is 13.8. The minimum absolute atomic E-state index is 0.00548. The first-order chi connectivity index (χ1) is 11.5. The molecule has 2 aromatic rings. The van der Waals surface area contributed by atoms with Gasteiger partial charge < -0.3 is 14.5 Å². The Morgan fingerprint density at radius 2 is 2.25 bits per heavy atom. The van der Waals surface area contributed by atoms with Crippen LogP contribution in [-0.4, -0.2) is 39.8 Å². The zero-order valence-corrected chi connectivity index (χ0v) is 13.6. The number of piperidine rings is 1. The van der Waals surface area contributed by atoms with Crippen LogP contribution in [0.25, 0.3) is 0 Å². The van der Waals surface area contributed by atoms with Crippen molar-refractivity contribution in [1.82, 2.24) is 15.0 Å². The van der Waals surface area contributed by atoms with E-state index in [1.807, 2.05) is 0 Å². The predicted octanol–water partition coefficient (Wildman–Crippen LogP) is 2.64. The summed E-state index contributed by atoms with van der Waals surface area (Å²) in [4.78, 5) is 6.30. The lowest BCUT2D eigenvalue weighted by Crippen LogP contribution is -2.39. The Kier molecular flexibility index (Phi) is 5.20. The molecule has 1 N–H and O–H groups in total. The highest BCUT2D eigenvalue weighted by atomic mass is 19.1. The normalized spacial score (nSPS) is 20.2. The van der Waals surface area contributed by atoms with Gasteiger partial charge in [0.1, 0.15) is 11.6 Å². The highest BCUT2D eigenvalue weighted by Crippen LogP contribution is 2.24. The molecule has 0 radical (unpaired) electrons. The molecule has 0 saturated carbocycles. The zero-order chi connectivity index (χ0) is 17.1. The fourth-order valence-corrected chi connectivity index (χ4v) is 3.28. The molecule has 130 valence electrons. The molecule has 2 atom stereocenters. The smallest absolute Gasteiger partial charge is 0.223 e. The summed E-state index contributed by atoms with van der Waals surface area (Å²) in [5.74, 6) is 0.472. The Labute approximate surface area is 139 Å². The third-order valence-corrected chi connectivity index (χ3v) is 4.39. The van der Waals surface area contributed by atoms with E-state index in [1.54, 1.807) is 6.92 Å². The third kappa shape index (κ3) is 4.15. The summed E-state index contributed by atoms with van der Waals surface area (Å²) in [5, 5.41) is 14.2. The number of benzene rings is 1. The first-order valence-electron chi connectivity index (χ1n) is 8.16. The van der Waals surface area contributed by atoms with Gasteiger partial charge in [0.15, 0.2) is 5.82 Å². The van der Waals surface area contributed by atoms with Crippen molar-refractivity contribution in [1.29, 1.82) is 0 Å². The quantitative estimate of drug-likeness (QED) is 0.909. The first kappa shape index (κ1) is 17.0. The van der Waals surface area contributed by atoms with Crippen LogP contribution in [-0.2, 0) is 6.42 Å². The van der Waals surface area contributed by atoms with Crippen LogP contribution in [0.1, 0.15) is 36.2 Å². The molecular weight excluding hydrogens is 316 g/mol. The molecular formula is C17H21F2N3O2. The number of nitrogens with zero attached hydrogens (tertiary/aromatic N) is 3. The number of hydrogen-bond acceptors (Lipinski definition) is 5. The highest BCUT2D eigenvalue weighted by Gasteiger charge is 2.25. The Hall–Kier alpha value is -1.86. The fourth-order valence-electron chi connectivity index (χ4n) is 3.28. The summed E-state index contributed by atoms with van der Waals surface area (Å²) in [6, 6.07) is 3.16. The summed E-state index contributed by atoms with van der Waals surface area (Å²) in [5.41, 5.74) is 0.00548. The SMILES string of the molecule is Cc1nc(CC2CCCN(CC(O)c3cc(F)ccc3F)C2)no1. The van der Waals surface area contributed by atoms with Gasteiger partial charge in [0.05, 0.1) is 6.10 Å². The maximum Gasteiger partial charge on any atom is 0.223 e. The summed E-state index contributed by atoms with van der Waals surface area (Å²) < 4.78 is 32.0. The minimum Gasteiger partial charge on any atom is -0.387 e. The van der Waals surface area contributed by atoms with E-state index in [2.05, 4.69) is 15.0 Å². The van der Waals surface area contributed by atoms with Crippen molar-refractivity contribution >= 4 is 0 Å². The van der Waals surface area contributed by atoms with Gasteiger partial charge in [0.2, 0.25) is 5.89 Å². The fraction of sp³-hybridized carbons (Fsp3) is 0.529. The molecule has 1 aromatic heterocycles. The molecule has 1 saturated heterocycles. The Balaban J connectivity index is 1.59. The van der Waals surface area contributed by atoms with Crippen molar-refractivity contribution in [2.75, 3.05) is 19.6 Å². The highest BCUT2D eigenvalue weighted by molar-refractivity contribution is 5.21. The second kappa shape index (κ2) is 7.36. The van der Waals surface area contributed by atoms with E-state index in [0.29, 0.717) is 17.6 Å². The molecule has 2 heterocycles. The Morgan fingerprint density at radius 3 is 3.00 bits per heavy atom. The molecule has 3 rings (SSSR count). The van der Waals surface area contributed by atoms with Crippen LogP contribution in [0.4, 0.5) is 8.78 Å². The van der Waals surface area contributed by atoms with E-state index in [-0.39, 0.29) is 12.1 Å². The van der Waals surface area contributed by atoms with Gasteiger partial charge in [-0.05, 0) is 43.5 Å². The van der Waals surface area contributed by atoms with Crippen molar-refractivity contribution in [2.24, 2.45) is 5.92 Å². The molecule has 0 amide bonds. The number of aliphatic hydroxyl groups excluding tert-OH is 1. The molecule has 0 bridgehead atoms. The summed E-state index contributed by atoms with van der Waals surface area (Å²) in [7, 11) is 0. The summed E-state index contributed by atoms with van der Waals surface area (Å²) in [6.45, 7) is 3.63. The van der Waals surface area contributed by atoms with Crippen LogP contribution in [0.15, 0.2) is 22.7 Å². The van der Waals surface area contributed by atoms with Gasteiger partial charge in [-0.1, -0.05) is 5.16 Å². The molecule has 5 nitrogen and oxygen atoms in total.